The maximum Gasteiger partial charge on any atom is 0.0662 e. The minimum Gasteiger partial charge on any atom is -0.198 e. The van der Waals surface area contributed by atoms with Crippen LogP contribution >= 0.6 is 27.3 Å². The molecule has 3 heteroatoms. The van der Waals surface area contributed by atoms with E-state index in [-0.39, 0.29) is 0 Å². The highest BCUT2D eigenvalue weighted by Crippen LogP contribution is 2.49. The molecule has 0 aliphatic heterocycles. The minimum atomic E-state index is 0.292. The van der Waals surface area contributed by atoms with Crippen molar-refractivity contribution < 1.29 is 0 Å². The predicted molar refractivity (Wildman–Crippen MR) is 48.5 cm³/mol. The molecule has 2 rings (SSSR count). The molecule has 11 heavy (non-hydrogen) atoms. The fourth-order valence-corrected chi connectivity index (χ4v) is 2.80. The first-order chi connectivity index (χ1) is 5.31. The van der Waals surface area contributed by atoms with Crippen molar-refractivity contribution in [2.75, 3.05) is 0 Å². The number of hydrogen-bond acceptors (Lipinski definition) is 2. The summed E-state index contributed by atoms with van der Waals surface area (Å²) in [6.45, 7) is 0. The van der Waals surface area contributed by atoms with Gasteiger partial charge in [0.15, 0.2) is 0 Å². The zero-order valence-electron chi connectivity index (χ0n) is 5.75. The number of hydrogen-bond donors (Lipinski definition) is 0. The van der Waals surface area contributed by atoms with E-state index in [9.17, 15) is 0 Å². The number of nitriles is 1. The highest BCUT2D eigenvalue weighted by atomic mass is 79.9. The number of halogens is 1. The Hall–Kier alpha value is -0.330. The van der Waals surface area contributed by atoms with Crippen molar-refractivity contribution in [1.29, 1.82) is 5.26 Å². The molecule has 56 valence electrons. The lowest BCUT2D eigenvalue weighted by Gasteiger charge is -1.85. The van der Waals surface area contributed by atoms with Gasteiger partial charge in [-0.2, -0.15) is 5.26 Å². The van der Waals surface area contributed by atoms with Crippen LogP contribution in [0.1, 0.15) is 17.2 Å². The lowest BCUT2D eigenvalue weighted by atomic mass is 10.3. The first-order valence-corrected chi connectivity index (χ1v) is 5.12. The summed E-state index contributed by atoms with van der Waals surface area (Å²) in [6.07, 6.45) is 1.06. The Morgan fingerprint density at radius 2 is 2.55 bits per heavy atom. The third-order valence-corrected chi connectivity index (χ3v) is 3.73. The second-order valence-corrected chi connectivity index (χ2v) is 4.60. The maximum atomic E-state index is 8.59. The molecule has 2 atom stereocenters. The molecule has 1 aromatic rings. The van der Waals surface area contributed by atoms with Gasteiger partial charge in [0.1, 0.15) is 0 Å². The van der Waals surface area contributed by atoms with Crippen molar-refractivity contribution in [3.8, 4) is 6.07 Å². The van der Waals surface area contributed by atoms with Gasteiger partial charge >= 0.3 is 0 Å². The Bertz CT molecular complexity index is 312. The summed E-state index contributed by atoms with van der Waals surface area (Å²) >= 11 is 5.14. The Labute approximate surface area is 77.8 Å². The first-order valence-electron chi connectivity index (χ1n) is 3.45. The molecule has 1 fully saturated rings. The summed E-state index contributed by atoms with van der Waals surface area (Å²) in [7, 11) is 0. The van der Waals surface area contributed by atoms with Gasteiger partial charge in [0, 0.05) is 20.6 Å². The van der Waals surface area contributed by atoms with Crippen molar-refractivity contribution in [1.82, 2.24) is 0 Å². The van der Waals surface area contributed by atoms with Crippen LogP contribution in [0.25, 0.3) is 0 Å². The molecular weight excluding hydrogens is 222 g/mol. The van der Waals surface area contributed by atoms with Gasteiger partial charge in [-0.05, 0) is 28.4 Å². The van der Waals surface area contributed by atoms with Crippen LogP contribution in [0.3, 0.4) is 0 Å². The van der Waals surface area contributed by atoms with E-state index in [0.717, 1.165) is 10.9 Å². The van der Waals surface area contributed by atoms with Crippen molar-refractivity contribution in [3.63, 3.8) is 0 Å². The van der Waals surface area contributed by atoms with Crippen molar-refractivity contribution in [2.24, 2.45) is 5.92 Å². The monoisotopic (exact) mass is 227 g/mol. The van der Waals surface area contributed by atoms with Crippen LogP contribution in [0.4, 0.5) is 0 Å². The van der Waals surface area contributed by atoms with Crippen LogP contribution in [-0.4, -0.2) is 0 Å². The van der Waals surface area contributed by atoms with E-state index in [0.29, 0.717) is 11.8 Å². The zero-order chi connectivity index (χ0) is 7.84. The smallest absolute Gasteiger partial charge is 0.0662 e. The highest BCUT2D eigenvalue weighted by Gasteiger charge is 2.39. The van der Waals surface area contributed by atoms with E-state index in [1.54, 1.807) is 11.3 Å². The van der Waals surface area contributed by atoms with E-state index in [4.69, 9.17) is 5.26 Å². The molecule has 2 unspecified atom stereocenters. The van der Waals surface area contributed by atoms with E-state index in [1.807, 2.05) is 0 Å². The molecule has 1 aromatic heterocycles. The molecule has 1 aliphatic carbocycles. The topological polar surface area (TPSA) is 23.8 Å². The summed E-state index contributed by atoms with van der Waals surface area (Å²) in [5, 5.41) is 10.7. The molecule has 1 nitrogen and oxygen atoms in total. The molecule has 0 spiro atoms. The van der Waals surface area contributed by atoms with Gasteiger partial charge in [-0.15, -0.1) is 11.3 Å². The van der Waals surface area contributed by atoms with Gasteiger partial charge in [0.25, 0.3) is 0 Å². The Balaban J connectivity index is 2.16. The molecule has 1 saturated carbocycles. The van der Waals surface area contributed by atoms with Crippen LogP contribution in [-0.2, 0) is 0 Å². The fraction of sp³-hybridized carbons (Fsp3) is 0.375. The lowest BCUT2D eigenvalue weighted by Crippen LogP contribution is -1.72. The number of nitrogens with zero attached hydrogens (tertiary/aromatic N) is 1. The van der Waals surface area contributed by atoms with Crippen molar-refractivity contribution >= 4 is 27.3 Å². The summed E-state index contributed by atoms with van der Waals surface area (Å²) < 4.78 is 1.14. The summed E-state index contributed by atoms with van der Waals surface area (Å²) in [5.74, 6) is 0.830. The third-order valence-electron chi connectivity index (χ3n) is 1.91. The second-order valence-electron chi connectivity index (χ2n) is 2.75. The summed E-state index contributed by atoms with van der Waals surface area (Å²) in [4.78, 5) is 1.35. The molecule has 0 bridgehead atoms. The lowest BCUT2D eigenvalue weighted by molar-refractivity contribution is 1.04. The Morgan fingerprint density at radius 3 is 3.00 bits per heavy atom. The minimum absolute atomic E-state index is 0.292. The van der Waals surface area contributed by atoms with Crippen LogP contribution in [0.2, 0.25) is 0 Å². The van der Waals surface area contributed by atoms with Gasteiger partial charge < -0.3 is 0 Å². The van der Waals surface area contributed by atoms with Crippen molar-refractivity contribution in [2.45, 2.75) is 12.3 Å². The van der Waals surface area contributed by atoms with Crippen LogP contribution in [0, 0.1) is 17.2 Å². The molecule has 0 amide bonds. The first kappa shape index (κ1) is 7.33. The van der Waals surface area contributed by atoms with Crippen molar-refractivity contribution in [3.05, 3.63) is 20.8 Å². The molecule has 0 N–H and O–H groups in total. The highest BCUT2D eigenvalue weighted by molar-refractivity contribution is 9.10. The van der Waals surface area contributed by atoms with Gasteiger partial charge in [-0.25, -0.2) is 0 Å². The van der Waals surface area contributed by atoms with E-state index >= 15 is 0 Å². The molecule has 0 saturated heterocycles. The van der Waals surface area contributed by atoms with Crippen LogP contribution in [0.5, 0.6) is 0 Å². The zero-order valence-corrected chi connectivity index (χ0v) is 8.15. The van der Waals surface area contributed by atoms with E-state index in [1.165, 1.54) is 4.88 Å². The molecule has 0 aromatic carbocycles. The van der Waals surface area contributed by atoms with Gasteiger partial charge in [0.05, 0.1) is 12.0 Å². The van der Waals surface area contributed by atoms with E-state index in [2.05, 4.69) is 33.4 Å². The third kappa shape index (κ3) is 1.33. The van der Waals surface area contributed by atoms with Crippen LogP contribution in [0.15, 0.2) is 15.9 Å². The second kappa shape index (κ2) is 2.62. The summed E-state index contributed by atoms with van der Waals surface area (Å²) in [5.41, 5.74) is 0. The fourth-order valence-electron chi connectivity index (χ4n) is 1.17. The largest absolute Gasteiger partial charge is 0.198 e. The predicted octanol–water partition coefficient (Wildman–Crippen LogP) is 3.14. The average molecular weight is 228 g/mol. The summed E-state index contributed by atoms with van der Waals surface area (Å²) in [6, 6.07) is 4.41. The van der Waals surface area contributed by atoms with E-state index < -0.39 is 0 Å². The maximum absolute atomic E-state index is 8.59. The Morgan fingerprint density at radius 1 is 1.73 bits per heavy atom. The van der Waals surface area contributed by atoms with Gasteiger partial charge in [0.2, 0.25) is 0 Å². The molecule has 1 aliphatic rings. The van der Waals surface area contributed by atoms with Gasteiger partial charge in [-0.3, -0.25) is 0 Å². The molecular formula is C8H6BrNS. The average Bonchev–Trinajstić information content (AvgIpc) is 2.68. The normalized spacial score (nSPS) is 28.0. The van der Waals surface area contributed by atoms with Gasteiger partial charge in [-0.1, -0.05) is 0 Å². The van der Waals surface area contributed by atoms with Crippen LogP contribution < -0.4 is 0 Å². The molecule has 1 heterocycles. The molecule has 0 radical (unpaired) electrons. The Kier molecular flexibility index (Phi) is 1.74. The standard InChI is InChI=1S/C8H6BrNS/c9-6-2-8(11-4-6)7-1-5(7)3-10/h2,4-5,7H,1H2. The number of thiophene rings is 1. The number of rotatable bonds is 1. The SMILES string of the molecule is N#CC1CC1c1cc(Br)cs1. The quantitative estimate of drug-likeness (QED) is 0.724.